The van der Waals surface area contributed by atoms with E-state index in [1.165, 1.54) is 44.2 Å². The fourth-order valence-electron chi connectivity index (χ4n) is 3.44. The minimum absolute atomic E-state index is 0.0321. The highest BCUT2D eigenvalue weighted by Crippen LogP contribution is 2.35. The van der Waals surface area contributed by atoms with Crippen molar-refractivity contribution in [2.24, 2.45) is 0 Å². The highest BCUT2D eigenvalue weighted by atomic mass is 32.2. The van der Waals surface area contributed by atoms with Crippen LogP contribution < -0.4 is 4.72 Å². The van der Waals surface area contributed by atoms with Gasteiger partial charge in [-0.3, -0.25) is 0 Å². The second-order valence-electron chi connectivity index (χ2n) is 7.22. The van der Waals surface area contributed by atoms with E-state index in [4.69, 9.17) is 0 Å². The van der Waals surface area contributed by atoms with Gasteiger partial charge >= 0.3 is 6.18 Å². The first-order chi connectivity index (χ1) is 13.7. The summed E-state index contributed by atoms with van der Waals surface area (Å²) < 4.78 is 69.6. The largest absolute Gasteiger partial charge is 0.452 e. The summed E-state index contributed by atoms with van der Waals surface area (Å²) in [7, 11) is -1.65. The number of nitrogens with one attached hydrogen (secondary N) is 1. The molecule has 0 saturated heterocycles. The lowest BCUT2D eigenvalue weighted by atomic mass is 9.94. The standard InChI is InChI=1S/C18H24F3N3O3S2/c1-24(13-6-3-2-4-7-13)11-5-10-22-29(25,26)17-9-8-15(28-17)14-12-16(27-23-14)18(19,20)21/h8-9,12-13,22H,2-7,10-11H2,1H3. The summed E-state index contributed by atoms with van der Waals surface area (Å²) in [4.78, 5) is 2.58. The maximum Gasteiger partial charge on any atom is 0.452 e. The third kappa shape index (κ3) is 5.80. The van der Waals surface area contributed by atoms with Gasteiger partial charge in [0.2, 0.25) is 15.8 Å². The summed E-state index contributed by atoms with van der Waals surface area (Å²) in [5.74, 6) is -1.22. The first-order valence-corrected chi connectivity index (χ1v) is 11.8. The number of rotatable bonds is 8. The lowest BCUT2D eigenvalue weighted by Crippen LogP contribution is -2.35. The van der Waals surface area contributed by atoms with Crippen LogP contribution in [-0.4, -0.2) is 44.7 Å². The maximum absolute atomic E-state index is 12.6. The number of hydrogen-bond donors (Lipinski definition) is 1. The molecule has 1 N–H and O–H groups in total. The van der Waals surface area contributed by atoms with E-state index < -0.39 is 22.0 Å². The summed E-state index contributed by atoms with van der Waals surface area (Å²) in [6, 6.07) is 4.12. The zero-order valence-electron chi connectivity index (χ0n) is 16.0. The van der Waals surface area contributed by atoms with Gasteiger partial charge in [0.05, 0.1) is 4.88 Å². The monoisotopic (exact) mass is 451 g/mol. The van der Waals surface area contributed by atoms with Gasteiger partial charge in [0.25, 0.3) is 0 Å². The number of thiophene rings is 1. The molecule has 11 heteroatoms. The number of halogens is 3. The first kappa shape index (κ1) is 22.3. The van der Waals surface area contributed by atoms with E-state index in [-0.39, 0.29) is 9.90 Å². The number of alkyl halides is 3. The van der Waals surface area contributed by atoms with E-state index in [9.17, 15) is 21.6 Å². The van der Waals surface area contributed by atoms with Gasteiger partial charge in [-0.05, 0) is 45.0 Å². The molecule has 1 saturated carbocycles. The second kappa shape index (κ2) is 9.15. The fraction of sp³-hybridized carbons (Fsp3) is 0.611. The van der Waals surface area contributed by atoms with Crippen molar-refractivity contribution >= 4 is 21.4 Å². The summed E-state index contributed by atoms with van der Waals surface area (Å²) in [6.45, 7) is 1.11. The van der Waals surface area contributed by atoms with Gasteiger partial charge in [0.1, 0.15) is 9.90 Å². The third-order valence-electron chi connectivity index (χ3n) is 5.07. The minimum atomic E-state index is -4.64. The number of nitrogens with zero attached hydrogens (tertiary/aromatic N) is 2. The highest BCUT2D eigenvalue weighted by molar-refractivity contribution is 7.91. The van der Waals surface area contributed by atoms with E-state index in [1.54, 1.807) is 0 Å². The Morgan fingerprint density at radius 1 is 1.28 bits per heavy atom. The molecule has 1 aliphatic carbocycles. The number of aromatic nitrogens is 1. The lowest BCUT2D eigenvalue weighted by molar-refractivity contribution is -0.155. The topological polar surface area (TPSA) is 75.4 Å². The van der Waals surface area contributed by atoms with Gasteiger partial charge in [-0.25, -0.2) is 13.1 Å². The molecule has 2 aromatic rings. The molecule has 29 heavy (non-hydrogen) atoms. The predicted molar refractivity (Wildman–Crippen MR) is 104 cm³/mol. The summed E-state index contributed by atoms with van der Waals surface area (Å²) >= 11 is 0.853. The van der Waals surface area contributed by atoms with Crippen molar-refractivity contribution in [2.75, 3.05) is 20.1 Å². The van der Waals surface area contributed by atoms with E-state index >= 15 is 0 Å². The molecule has 0 radical (unpaired) electrons. The van der Waals surface area contributed by atoms with Crippen molar-refractivity contribution in [3.63, 3.8) is 0 Å². The molecule has 162 valence electrons. The van der Waals surface area contributed by atoms with Crippen LogP contribution in [0.15, 0.2) is 26.9 Å². The molecular weight excluding hydrogens is 427 g/mol. The smallest absolute Gasteiger partial charge is 0.351 e. The van der Waals surface area contributed by atoms with Gasteiger partial charge in [-0.1, -0.05) is 24.4 Å². The van der Waals surface area contributed by atoms with E-state index in [0.29, 0.717) is 23.9 Å². The zero-order valence-corrected chi connectivity index (χ0v) is 17.7. The van der Waals surface area contributed by atoms with Crippen LogP contribution in [0, 0.1) is 0 Å². The van der Waals surface area contributed by atoms with Gasteiger partial charge < -0.3 is 9.42 Å². The van der Waals surface area contributed by atoms with Crippen molar-refractivity contribution < 1.29 is 26.1 Å². The maximum atomic E-state index is 12.6. The van der Waals surface area contributed by atoms with Gasteiger partial charge in [0, 0.05) is 18.7 Å². The molecule has 0 amide bonds. The first-order valence-electron chi connectivity index (χ1n) is 9.51. The summed E-state index contributed by atoms with van der Waals surface area (Å²) in [6.07, 6.45) is 2.22. The van der Waals surface area contributed by atoms with Crippen LogP contribution in [0.25, 0.3) is 10.6 Å². The van der Waals surface area contributed by atoms with Crippen LogP contribution in [0.4, 0.5) is 13.2 Å². The SMILES string of the molecule is CN(CCCNS(=O)(=O)c1ccc(-c2cc(C(F)(F)F)on2)s1)C1CCCCC1. The molecule has 2 heterocycles. The lowest BCUT2D eigenvalue weighted by Gasteiger charge is -2.31. The predicted octanol–water partition coefficient (Wildman–Crippen LogP) is 4.35. The van der Waals surface area contributed by atoms with E-state index in [1.807, 2.05) is 0 Å². The summed E-state index contributed by atoms with van der Waals surface area (Å²) in [5, 5.41) is 3.38. The van der Waals surface area contributed by atoms with E-state index in [2.05, 4.69) is 26.3 Å². The quantitative estimate of drug-likeness (QED) is 0.604. The molecule has 0 unspecified atom stereocenters. The normalized spacial score (nSPS) is 16.6. The van der Waals surface area contributed by atoms with Crippen molar-refractivity contribution in [1.29, 1.82) is 0 Å². The van der Waals surface area contributed by atoms with E-state index in [0.717, 1.165) is 23.9 Å². The van der Waals surface area contributed by atoms with Gasteiger partial charge in [-0.2, -0.15) is 13.2 Å². The van der Waals surface area contributed by atoms with Gasteiger partial charge in [0.15, 0.2) is 0 Å². The average Bonchev–Trinajstić information content (AvgIpc) is 3.35. The van der Waals surface area contributed by atoms with Crippen LogP contribution in [0.3, 0.4) is 0 Å². The molecule has 0 aromatic carbocycles. The van der Waals surface area contributed by atoms with Crippen molar-refractivity contribution in [1.82, 2.24) is 14.8 Å². The Hall–Kier alpha value is -1.43. The van der Waals surface area contributed by atoms with Crippen LogP contribution >= 0.6 is 11.3 Å². The van der Waals surface area contributed by atoms with Crippen molar-refractivity contribution in [3.8, 4) is 10.6 Å². The molecule has 0 spiro atoms. The highest BCUT2D eigenvalue weighted by Gasteiger charge is 2.36. The Morgan fingerprint density at radius 3 is 2.66 bits per heavy atom. The molecule has 1 fully saturated rings. The molecular formula is C18H24F3N3O3S2. The Balaban J connectivity index is 1.53. The molecule has 0 aliphatic heterocycles. The van der Waals surface area contributed by atoms with Crippen LogP contribution in [0.1, 0.15) is 44.3 Å². The van der Waals surface area contributed by atoms with Crippen molar-refractivity contribution in [3.05, 3.63) is 24.0 Å². The third-order valence-corrected chi connectivity index (χ3v) is 8.13. The van der Waals surface area contributed by atoms with Crippen LogP contribution in [-0.2, 0) is 16.2 Å². The van der Waals surface area contributed by atoms with Crippen molar-refractivity contribution in [2.45, 2.75) is 55.0 Å². The molecule has 3 rings (SSSR count). The Bertz CT molecular complexity index is 903. The number of hydrogen-bond acceptors (Lipinski definition) is 6. The average molecular weight is 452 g/mol. The van der Waals surface area contributed by atoms with Gasteiger partial charge in [-0.15, -0.1) is 11.3 Å². The Morgan fingerprint density at radius 2 is 2.00 bits per heavy atom. The summed E-state index contributed by atoms with van der Waals surface area (Å²) in [5.41, 5.74) is -0.0436. The number of sulfonamides is 1. The zero-order chi connectivity index (χ0) is 21.1. The Kier molecular flexibility index (Phi) is 7.02. The fourth-order valence-corrected chi connectivity index (χ4v) is 5.81. The molecule has 1 aliphatic rings. The molecule has 6 nitrogen and oxygen atoms in total. The molecule has 2 aromatic heterocycles. The Labute approximate surface area is 172 Å². The molecule has 0 atom stereocenters. The minimum Gasteiger partial charge on any atom is -0.351 e. The van der Waals surface area contributed by atoms with Crippen LogP contribution in [0.5, 0.6) is 0 Å². The second-order valence-corrected chi connectivity index (χ2v) is 10.3. The molecule has 0 bridgehead atoms. The van der Waals surface area contributed by atoms with Crippen LogP contribution in [0.2, 0.25) is 0 Å².